The van der Waals surface area contributed by atoms with Crippen LogP contribution in [-0.4, -0.2) is 27.7 Å². The zero-order valence-corrected chi connectivity index (χ0v) is 13.4. The fraction of sp³-hybridized carbons (Fsp3) is 0.714. The van der Waals surface area contributed by atoms with Crippen molar-refractivity contribution in [3.05, 3.63) is 16.5 Å². The number of aliphatic hydroxyl groups is 1. The number of nitrogens with zero attached hydrogens (tertiary/aromatic N) is 2. The van der Waals surface area contributed by atoms with Crippen LogP contribution in [0.15, 0.2) is 10.7 Å². The molecule has 0 saturated heterocycles. The first-order valence-electron chi connectivity index (χ1n) is 6.80. The second-order valence-electron chi connectivity index (χ2n) is 6.51. The third-order valence-electron chi connectivity index (χ3n) is 3.02. The molecule has 1 saturated carbocycles. The van der Waals surface area contributed by atoms with Gasteiger partial charge in [-0.05, 0) is 40.6 Å². The summed E-state index contributed by atoms with van der Waals surface area (Å²) in [4.78, 5) is 8.89. The molecule has 1 aliphatic carbocycles. The largest absolute Gasteiger partial charge is 0.391 e. The van der Waals surface area contributed by atoms with Gasteiger partial charge >= 0.3 is 0 Å². The number of nitrogens with one attached hydrogen (secondary N) is 1. The molecule has 0 amide bonds. The van der Waals surface area contributed by atoms with Crippen LogP contribution in [0, 0.1) is 5.41 Å². The van der Waals surface area contributed by atoms with E-state index in [-0.39, 0.29) is 11.5 Å². The second kappa shape index (κ2) is 5.75. The van der Waals surface area contributed by atoms with Gasteiger partial charge in [0, 0.05) is 18.5 Å². The topological polar surface area (TPSA) is 58.0 Å². The molecule has 0 radical (unpaired) electrons. The van der Waals surface area contributed by atoms with Crippen molar-refractivity contribution in [2.75, 3.05) is 11.9 Å². The van der Waals surface area contributed by atoms with Crippen LogP contribution in [0.5, 0.6) is 0 Å². The van der Waals surface area contributed by atoms with Crippen molar-refractivity contribution < 1.29 is 5.11 Å². The summed E-state index contributed by atoms with van der Waals surface area (Å²) in [5.74, 6) is 2.22. The van der Waals surface area contributed by atoms with Gasteiger partial charge in [-0.1, -0.05) is 20.8 Å². The third kappa shape index (κ3) is 5.07. The van der Waals surface area contributed by atoms with Crippen molar-refractivity contribution in [1.82, 2.24) is 9.97 Å². The Kier molecular flexibility index (Phi) is 4.46. The van der Waals surface area contributed by atoms with Crippen LogP contribution in [0.2, 0.25) is 0 Å². The van der Waals surface area contributed by atoms with Gasteiger partial charge in [-0.2, -0.15) is 0 Å². The maximum absolute atomic E-state index is 9.99. The van der Waals surface area contributed by atoms with E-state index in [0.717, 1.165) is 22.7 Å². The lowest BCUT2D eigenvalue weighted by Crippen LogP contribution is -2.25. The average Bonchev–Trinajstić information content (AvgIpc) is 3.07. The monoisotopic (exact) mass is 327 g/mol. The van der Waals surface area contributed by atoms with Gasteiger partial charge < -0.3 is 10.4 Å². The smallest absolute Gasteiger partial charge is 0.135 e. The number of aromatic nitrogens is 2. The fourth-order valence-corrected chi connectivity index (χ4v) is 2.45. The molecular formula is C14H22BrN3O. The summed E-state index contributed by atoms with van der Waals surface area (Å²) < 4.78 is 0.803. The standard InChI is InChI=1S/C14H22BrN3O/c1-14(2,3)7-10(19)8-16-12-6-11(15)17-13(18-12)9-4-5-9/h6,9-10,19H,4-5,7-8H2,1-3H3,(H,16,17,18). The molecule has 2 N–H and O–H groups in total. The molecule has 0 spiro atoms. The molecule has 1 atom stereocenters. The Morgan fingerprint density at radius 2 is 2.11 bits per heavy atom. The predicted molar refractivity (Wildman–Crippen MR) is 80.3 cm³/mol. The molecule has 1 heterocycles. The summed E-state index contributed by atoms with van der Waals surface area (Å²) in [6.07, 6.45) is 2.77. The number of aliphatic hydroxyl groups excluding tert-OH is 1. The minimum absolute atomic E-state index is 0.131. The van der Waals surface area contributed by atoms with Crippen molar-refractivity contribution in [2.45, 2.75) is 52.1 Å². The summed E-state index contributed by atoms with van der Waals surface area (Å²) in [6, 6.07) is 1.86. The first-order chi connectivity index (χ1) is 8.83. The zero-order chi connectivity index (χ0) is 14.0. The Bertz CT molecular complexity index is 441. The Hall–Kier alpha value is -0.680. The number of rotatable bonds is 5. The highest BCUT2D eigenvalue weighted by molar-refractivity contribution is 9.10. The molecule has 2 rings (SSSR count). The molecule has 106 valence electrons. The lowest BCUT2D eigenvalue weighted by atomic mass is 9.89. The average molecular weight is 328 g/mol. The van der Waals surface area contributed by atoms with Crippen LogP contribution < -0.4 is 5.32 Å². The van der Waals surface area contributed by atoms with Crippen molar-refractivity contribution in [3.63, 3.8) is 0 Å². The predicted octanol–water partition coefficient (Wildman–Crippen LogP) is 3.33. The van der Waals surface area contributed by atoms with Crippen LogP contribution in [0.4, 0.5) is 5.82 Å². The molecule has 19 heavy (non-hydrogen) atoms. The van der Waals surface area contributed by atoms with Crippen molar-refractivity contribution in [2.24, 2.45) is 5.41 Å². The van der Waals surface area contributed by atoms with E-state index in [1.807, 2.05) is 6.07 Å². The summed E-state index contributed by atoms with van der Waals surface area (Å²) >= 11 is 3.41. The molecule has 1 aromatic rings. The van der Waals surface area contributed by atoms with E-state index in [9.17, 15) is 5.11 Å². The molecule has 1 aromatic heterocycles. The SMILES string of the molecule is CC(C)(C)CC(O)CNc1cc(Br)nc(C2CC2)n1. The van der Waals surface area contributed by atoms with E-state index < -0.39 is 0 Å². The fourth-order valence-electron chi connectivity index (χ4n) is 2.05. The molecule has 0 aliphatic heterocycles. The summed E-state index contributed by atoms with van der Waals surface area (Å²) in [6.45, 7) is 6.90. The normalized spacial score (nSPS) is 17.3. The van der Waals surface area contributed by atoms with E-state index in [0.29, 0.717) is 12.5 Å². The number of anilines is 1. The third-order valence-corrected chi connectivity index (χ3v) is 3.43. The van der Waals surface area contributed by atoms with Crippen LogP contribution >= 0.6 is 15.9 Å². The van der Waals surface area contributed by atoms with E-state index >= 15 is 0 Å². The van der Waals surface area contributed by atoms with Gasteiger partial charge in [-0.3, -0.25) is 0 Å². The van der Waals surface area contributed by atoms with Gasteiger partial charge in [-0.25, -0.2) is 9.97 Å². The Balaban J connectivity index is 1.92. The minimum atomic E-state index is -0.363. The summed E-state index contributed by atoms with van der Waals surface area (Å²) in [5.41, 5.74) is 0.131. The van der Waals surface area contributed by atoms with Crippen molar-refractivity contribution in [1.29, 1.82) is 0 Å². The van der Waals surface area contributed by atoms with Crippen LogP contribution in [0.25, 0.3) is 0 Å². The minimum Gasteiger partial charge on any atom is -0.391 e. The van der Waals surface area contributed by atoms with E-state index in [1.165, 1.54) is 12.8 Å². The Morgan fingerprint density at radius 1 is 1.42 bits per heavy atom. The molecule has 0 aromatic carbocycles. The van der Waals surface area contributed by atoms with E-state index in [4.69, 9.17) is 0 Å². The van der Waals surface area contributed by atoms with Gasteiger partial charge in [-0.15, -0.1) is 0 Å². The quantitative estimate of drug-likeness (QED) is 0.814. The van der Waals surface area contributed by atoms with Crippen molar-refractivity contribution >= 4 is 21.7 Å². The number of hydrogen-bond acceptors (Lipinski definition) is 4. The molecule has 1 fully saturated rings. The van der Waals surface area contributed by atoms with Crippen LogP contribution in [0.3, 0.4) is 0 Å². The number of halogens is 1. The molecular weight excluding hydrogens is 306 g/mol. The highest BCUT2D eigenvalue weighted by Crippen LogP contribution is 2.38. The van der Waals surface area contributed by atoms with Gasteiger partial charge in [0.25, 0.3) is 0 Å². The van der Waals surface area contributed by atoms with Gasteiger partial charge in [0.2, 0.25) is 0 Å². The van der Waals surface area contributed by atoms with Gasteiger partial charge in [0.05, 0.1) is 6.10 Å². The molecule has 0 bridgehead atoms. The molecule has 5 heteroatoms. The van der Waals surface area contributed by atoms with Crippen molar-refractivity contribution in [3.8, 4) is 0 Å². The van der Waals surface area contributed by atoms with Gasteiger partial charge in [0.15, 0.2) is 0 Å². The zero-order valence-electron chi connectivity index (χ0n) is 11.8. The summed E-state index contributed by atoms with van der Waals surface area (Å²) in [7, 11) is 0. The highest BCUT2D eigenvalue weighted by atomic mass is 79.9. The van der Waals surface area contributed by atoms with Gasteiger partial charge in [0.1, 0.15) is 16.2 Å². The lowest BCUT2D eigenvalue weighted by Gasteiger charge is -2.22. The molecule has 1 unspecified atom stereocenters. The first-order valence-corrected chi connectivity index (χ1v) is 7.59. The van der Waals surface area contributed by atoms with E-state index in [2.05, 4.69) is 52.0 Å². The van der Waals surface area contributed by atoms with E-state index in [1.54, 1.807) is 0 Å². The lowest BCUT2D eigenvalue weighted by molar-refractivity contribution is 0.132. The maximum atomic E-state index is 9.99. The second-order valence-corrected chi connectivity index (χ2v) is 7.32. The number of hydrogen-bond donors (Lipinski definition) is 2. The van der Waals surface area contributed by atoms with Crippen LogP contribution in [-0.2, 0) is 0 Å². The summed E-state index contributed by atoms with van der Waals surface area (Å²) in [5, 5.41) is 13.2. The Morgan fingerprint density at radius 3 is 2.68 bits per heavy atom. The first kappa shape index (κ1) is 14.7. The highest BCUT2D eigenvalue weighted by Gasteiger charge is 2.27. The molecule has 4 nitrogen and oxygen atoms in total. The van der Waals surface area contributed by atoms with Crippen LogP contribution in [0.1, 0.15) is 51.8 Å². The Labute approximate surface area is 123 Å². The molecule has 1 aliphatic rings. The maximum Gasteiger partial charge on any atom is 0.135 e.